The van der Waals surface area contributed by atoms with Crippen LogP contribution in [0.4, 0.5) is 26.3 Å². The number of aromatic nitrogens is 1. The maximum absolute atomic E-state index is 12.3. The van der Waals surface area contributed by atoms with E-state index < -0.39 is 35.7 Å². The first-order valence-electron chi connectivity index (χ1n) is 9.37. The van der Waals surface area contributed by atoms with E-state index in [1.165, 1.54) is 6.20 Å². The second-order valence-electron chi connectivity index (χ2n) is 6.39. The van der Waals surface area contributed by atoms with Crippen molar-refractivity contribution in [2.45, 2.75) is 32.4 Å². The first-order chi connectivity index (χ1) is 16.0. The Bertz CT molecular complexity index is 1070. The standard InChI is InChI=1S/C15H19N3O3.2C2HF3O2/c1-2-18-9-12(15(20)21)14(19)11-7-10(3-4-13(11)18)8-17-6-5-16;2*3-2(4,5)1(6)7/h3-4,7,9,17H,2,5-6,8,16H2,1H3,(H,20,21);2*(H,6,7). The van der Waals surface area contributed by atoms with Crippen LogP contribution in [-0.4, -0.2) is 63.2 Å². The number of nitrogens with one attached hydrogen (secondary N) is 1. The third kappa shape index (κ3) is 10.4. The zero-order valence-corrected chi connectivity index (χ0v) is 17.9. The van der Waals surface area contributed by atoms with Gasteiger partial charge in [-0.3, -0.25) is 4.79 Å². The molecule has 0 unspecified atom stereocenters. The number of nitrogens with zero attached hydrogens (tertiary/aromatic N) is 1. The molecule has 2 rings (SSSR count). The number of rotatable bonds is 6. The fraction of sp³-hybridized carbons (Fsp3) is 0.368. The summed E-state index contributed by atoms with van der Waals surface area (Å²) in [6.07, 6.45) is -8.76. The first kappa shape index (κ1) is 31.3. The number of carboxylic acid groups (broad SMARTS) is 3. The molecule has 0 saturated carbocycles. The molecule has 0 amide bonds. The van der Waals surface area contributed by atoms with Gasteiger partial charge < -0.3 is 30.9 Å². The molecule has 1 aromatic heterocycles. The van der Waals surface area contributed by atoms with E-state index in [1.54, 1.807) is 10.6 Å². The molecule has 16 heteroatoms. The monoisotopic (exact) mass is 517 g/mol. The Hall–Kier alpha value is -3.66. The number of hydrogen-bond acceptors (Lipinski definition) is 6. The highest BCUT2D eigenvalue weighted by molar-refractivity contribution is 5.92. The maximum Gasteiger partial charge on any atom is 0.490 e. The Morgan fingerprint density at radius 1 is 1.00 bits per heavy atom. The van der Waals surface area contributed by atoms with Gasteiger partial charge in [0.15, 0.2) is 0 Å². The van der Waals surface area contributed by atoms with Gasteiger partial charge in [0.25, 0.3) is 0 Å². The first-order valence-corrected chi connectivity index (χ1v) is 9.37. The quantitative estimate of drug-likeness (QED) is 0.284. The lowest BCUT2D eigenvalue weighted by molar-refractivity contribution is -0.193. The second kappa shape index (κ2) is 13.3. The van der Waals surface area contributed by atoms with E-state index >= 15 is 0 Å². The van der Waals surface area contributed by atoms with Gasteiger partial charge in [0.2, 0.25) is 5.43 Å². The lowest BCUT2D eigenvalue weighted by atomic mass is 10.1. The number of alkyl halides is 6. The van der Waals surface area contributed by atoms with E-state index in [4.69, 9.17) is 30.6 Å². The minimum absolute atomic E-state index is 0.198. The number of pyridine rings is 1. The summed E-state index contributed by atoms with van der Waals surface area (Å²) in [5, 5.41) is 27.0. The number of hydrogen-bond donors (Lipinski definition) is 5. The summed E-state index contributed by atoms with van der Waals surface area (Å²) in [5.74, 6) is -6.71. The lowest BCUT2D eigenvalue weighted by Crippen LogP contribution is -2.22. The molecule has 0 aliphatic rings. The Kier molecular flexibility index (Phi) is 11.9. The Morgan fingerprint density at radius 3 is 1.86 bits per heavy atom. The summed E-state index contributed by atoms with van der Waals surface area (Å²) in [6.45, 7) is 4.33. The number of aromatic carboxylic acids is 1. The highest BCUT2D eigenvalue weighted by atomic mass is 19.4. The van der Waals surface area contributed by atoms with E-state index in [-0.39, 0.29) is 5.56 Å². The van der Waals surface area contributed by atoms with Crippen molar-refractivity contribution in [3.05, 3.63) is 45.7 Å². The predicted octanol–water partition coefficient (Wildman–Crippen LogP) is 2.03. The van der Waals surface area contributed by atoms with Crippen LogP contribution in [-0.2, 0) is 22.7 Å². The van der Waals surface area contributed by atoms with Crippen molar-refractivity contribution in [1.29, 1.82) is 0 Å². The summed E-state index contributed by atoms with van der Waals surface area (Å²) in [7, 11) is 0. The van der Waals surface area contributed by atoms with Gasteiger partial charge in [-0.25, -0.2) is 14.4 Å². The summed E-state index contributed by atoms with van der Waals surface area (Å²) in [4.78, 5) is 41.3. The number of carbonyl (C=O) groups is 3. The molecule has 0 atom stereocenters. The SMILES string of the molecule is CCn1cc(C(=O)O)c(=O)c2cc(CNCCN)ccc21.O=C(O)C(F)(F)F.O=C(O)C(F)(F)F. The smallest absolute Gasteiger partial charge is 0.477 e. The van der Waals surface area contributed by atoms with Crippen LogP contribution in [0.25, 0.3) is 10.9 Å². The van der Waals surface area contributed by atoms with Gasteiger partial charge >= 0.3 is 30.3 Å². The average Bonchev–Trinajstić information content (AvgIpc) is 2.73. The molecule has 0 aliphatic carbocycles. The fourth-order valence-electron chi connectivity index (χ4n) is 2.30. The Labute approximate surface area is 192 Å². The zero-order valence-electron chi connectivity index (χ0n) is 17.9. The van der Waals surface area contributed by atoms with Gasteiger partial charge in [-0.1, -0.05) is 6.07 Å². The van der Waals surface area contributed by atoms with Crippen LogP contribution in [0, 0.1) is 0 Å². The van der Waals surface area contributed by atoms with E-state index in [0.29, 0.717) is 31.6 Å². The topological polar surface area (TPSA) is 172 Å². The van der Waals surface area contributed by atoms with Crippen LogP contribution in [0.2, 0.25) is 0 Å². The van der Waals surface area contributed by atoms with Crippen LogP contribution < -0.4 is 16.5 Å². The predicted molar refractivity (Wildman–Crippen MR) is 109 cm³/mol. The van der Waals surface area contributed by atoms with Crippen LogP contribution in [0.1, 0.15) is 22.8 Å². The number of halogens is 6. The minimum Gasteiger partial charge on any atom is -0.477 e. The van der Waals surface area contributed by atoms with Crippen LogP contribution in [0.5, 0.6) is 0 Å². The molecular weight excluding hydrogens is 496 g/mol. The molecule has 35 heavy (non-hydrogen) atoms. The molecule has 1 aromatic carbocycles. The molecule has 0 radical (unpaired) electrons. The van der Waals surface area contributed by atoms with Gasteiger partial charge in [-0.15, -0.1) is 0 Å². The molecule has 0 spiro atoms. The number of carboxylic acids is 3. The van der Waals surface area contributed by atoms with Crippen molar-refractivity contribution in [3.8, 4) is 0 Å². The van der Waals surface area contributed by atoms with Crippen molar-refractivity contribution in [2.24, 2.45) is 5.73 Å². The largest absolute Gasteiger partial charge is 0.490 e. The number of aliphatic carboxylic acids is 2. The van der Waals surface area contributed by atoms with Gasteiger partial charge in [0, 0.05) is 37.8 Å². The van der Waals surface area contributed by atoms with Crippen LogP contribution in [0.3, 0.4) is 0 Å². The third-order valence-corrected chi connectivity index (χ3v) is 3.85. The summed E-state index contributed by atoms with van der Waals surface area (Å²) < 4.78 is 65.2. The maximum atomic E-state index is 12.3. The van der Waals surface area contributed by atoms with E-state index in [0.717, 1.165) is 11.1 Å². The van der Waals surface area contributed by atoms with Crippen molar-refractivity contribution in [1.82, 2.24) is 9.88 Å². The summed E-state index contributed by atoms with van der Waals surface area (Å²) >= 11 is 0. The van der Waals surface area contributed by atoms with Gasteiger partial charge in [-0.05, 0) is 24.6 Å². The number of aryl methyl sites for hydroxylation is 1. The van der Waals surface area contributed by atoms with E-state index in [2.05, 4.69) is 5.32 Å². The number of fused-ring (bicyclic) bond motifs is 1. The number of benzene rings is 1. The van der Waals surface area contributed by atoms with Gasteiger partial charge in [-0.2, -0.15) is 26.3 Å². The van der Waals surface area contributed by atoms with Crippen molar-refractivity contribution in [2.75, 3.05) is 13.1 Å². The molecule has 0 fully saturated rings. The Balaban J connectivity index is 0.000000680. The number of nitrogens with two attached hydrogens (primary N) is 1. The van der Waals surface area contributed by atoms with Crippen molar-refractivity contribution in [3.63, 3.8) is 0 Å². The zero-order chi connectivity index (χ0) is 27.6. The summed E-state index contributed by atoms with van der Waals surface area (Å²) in [5.41, 5.74) is 6.45. The van der Waals surface area contributed by atoms with Crippen LogP contribution in [0.15, 0.2) is 29.2 Å². The molecule has 10 nitrogen and oxygen atoms in total. The van der Waals surface area contributed by atoms with Gasteiger partial charge in [0.05, 0.1) is 5.52 Å². The molecule has 1 heterocycles. The molecule has 196 valence electrons. The van der Waals surface area contributed by atoms with E-state index in [9.17, 15) is 35.9 Å². The molecular formula is C19H21F6N3O7. The molecule has 6 N–H and O–H groups in total. The molecule has 0 aliphatic heterocycles. The average molecular weight is 517 g/mol. The highest BCUT2D eigenvalue weighted by Gasteiger charge is 2.38. The minimum atomic E-state index is -5.08. The summed E-state index contributed by atoms with van der Waals surface area (Å²) in [6, 6.07) is 5.53. The highest BCUT2D eigenvalue weighted by Crippen LogP contribution is 2.15. The third-order valence-electron chi connectivity index (χ3n) is 3.85. The van der Waals surface area contributed by atoms with Crippen LogP contribution >= 0.6 is 0 Å². The van der Waals surface area contributed by atoms with Crippen molar-refractivity contribution >= 4 is 28.8 Å². The Morgan fingerprint density at radius 2 is 1.49 bits per heavy atom. The van der Waals surface area contributed by atoms with Crippen molar-refractivity contribution < 1.29 is 56.0 Å². The second-order valence-corrected chi connectivity index (χ2v) is 6.39. The molecule has 2 aromatic rings. The lowest BCUT2D eigenvalue weighted by Gasteiger charge is -2.11. The molecule has 0 saturated heterocycles. The normalized spacial score (nSPS) is 11.1. The fourth-order valence-corrected chi connectivity index (χ4v) is 2.30. The van der Waals surface area contributed by atoms with E-state index in [1.807, 2.05) is 19.1 Å². The molecule has 0 bridgehead atoms. The van der Waals surface area contributed by atoms with Gasteiger partial charge in [0.1, 0.15) is 5.56 Å².